The first kappa shape index (κ1) is 17.2. The summed E-state index contributed by atoms with van der Waals surface area (Å²) in [5, 5.41) is 3.75. The Hall–Kier alpha value is -0.120. The zero-order chi connectivity index (χ0) is 15.3. The van der Waals surface area contributed by atoms with Gasteiger partial charge >= 0.3 is 0 Å². The van der Waals surface area contributed by atoms with Crippen molar-refractivity contribution in [2.24, 2.45) is 11.3 Å². The molecular weight excluding hydrogens is 260 g/mol. The fourth-order valence-corrected chi connectivity index (χ4v) is 4.04. The normalized spacial score (nSPS) is 26.1. The van der Waals surface area contributed by atoms with Crippen LogP contribution in [0.4, 0.5) is 0 Å². The van der Waals surface area contributed by atoms with Gasteiger partial charge in [0, 0.05) is 26.2 Å². The summed E-state index contributed by atoms with van der Waals surface area (Å²) in [5.74, 6) is 0.743. The Kier molecular flexibility index (Phi) is 6.10. The van der Waals surface area contributed by atoms with Crippen LogP contribution in [0.5, 0.6) is 0 Å². The third kappa shape index (κ3) is 5.54. The van der Waals surface area contributed by atoms with Gasteiger partial charge in [-0.05, 0) is 44.6 Å². The Bertz CT molecular complexity index is 308. The van der Waals surface area contributed by atoms with E-state index in [0.717, 1.165) is 32.2 Å². The number of morpholine rings is 1. The summed E-state index contributed by atoms with van der Waals surface area (Å²) in [6, 6.07) is 0. The van der Waals surface area contributed by atoms with Gasteiger partial charge in [0.2, 0.25) is 0 Å². The van der Waals surface area contributed by atoms with E-state index in [9.17, 15) is 0 Å². The number of rotatable bonds is 6. The Morgan fingerprint density at radius 2 is 1.86 bits per heavy atom. The first-order valence-corrected chi connectivity index (χ1v) is 8.98. The fraction of sp³-hybridized carbons (Fsp3) is 1.00. The Morgan fingerprint density at radius 1 is 1.14 bits per heavy atom. The predicted molar refractivity (Wildman–Crippen MR) is 89.7 cm³/mol. The molecule has 2 fully saturated rings. The van der Waals surface area contributed by atoms with Gasteiger partial charge in [-0.2, -0.15) is 0 Å². The molecule has 1 heterocycles. The van der Waals surface area contributed by atoms with Gasteiger partial charge in [-0.1, -0.05) is 33.1 Å². The Balaban J connectivity index is 1.92. The predicted octanol–water partition coefficient (Wildman–Crippen LogP) is 3.29. The highest BCUT2D eigenvalue weighted by atomic mass is 16.5. The molecule has 21 heavy (non-hydrogen) atoms. The first-order valence-electron chi connectivity index (χ1n) is 8.98. The molecular formula is C18H36N2O. The number of ether oxygens (including phenoxy) is 1. The molecule has 124 valence electrons. The van der Waals surface area contributed by atoms with Crippen LogP contribution in [-0.2, 0) is 4.74 Å². The molecule has 0 radical (unpaired) electrons. The molecule has 2 aliphatic rings. The second-order valence-corrected chi connectivity index (χ2v) is 8.40. The summed E-state index contributed by atoms with van der Waals surface area (Å²) in [6.45, 7) is 15.7. The SMILES string of the molecule is CC(C)CNCC1(CN2CCOC(C)(C)C2)CCCCC1. The Morgan fingerprint density at radius 3 is 2.48 bits per heavy atom. The minimum absolute atomic E-state index is 0.0272. The lowest BCUT2D eigenvalue weighted by Crippen LogP contribution is -2.53. The summed E-state index contributed by atoms with van der Waals surface area (Å²) in [7, 11) is 0. The van der Waals surface area contributed by atoms with E-state index in [-0.39, 0.29) is 5.60 Å². The van der Waals surface area contributed by atoms with E-state index in [1.807, 2.05) is 0 Å². The van der Waals surface area contributed by atoms with E-state index < -0.39 is 0 Å². The summed E-state index contributed by atoms with van der Waals surface area (Å²) in [4.78, 5) is 2.66. The molecule has 0 aromatic carbocycles. The van der Waals surface area contributed by atoms with Crippen molar-refractivity contribution < 1.29 is 4.74 Å². The molecule has 2 rings (SSSR count). The van der Waals surface area contributed by atoms with Crippen molar-refractivity contribution in [1.29, 1.82) is 0 Å². The van der Waals surface area contributed by atoms with Crippen LogP contribution in [0.25, 0.3) is 0 Å². The molecule has 0 aromatic heterocycles. The average Bonchev–Trinajstić information content (AvgIpc) is 2.38. The van der Waals surface area contributed by atoms with Crippen molar-refractivity contribution in [2.45, 2.75) is 65.4 Å². The maximum atomic E-state index is 5.87. The summed E-state index contributed by atoms with van der Waals surface area (Å²) in [6.07, 6.45) is 7.06. The van der Waals surface area contributed by atoms with Gasteiger partial charge in [-0.25, -0.2) is 0 Å². The highest BCUT2D eigenvalue weighted by Gasteiger charge is 2.36. The second kappa shape index (κ2) is 7.43. The van der Waals surface area contributed by atoms with Gasteiger partial charge in [-0.3, -0.25) is 4.90 Å². The van der Waals surface area contributed by atoms with Crippen LogP contribution in [0.2, 0.25) is 0 Å². The Labute approximate surface area is 131 Å². The molecule has 0 spiro atoms. The summed E-state index contributed by atoms with van der Waals surface area (Å²) >= 11 is 0. The van der Waals surface area contributed by atoms with Gasteiger partial charge < -0.3 is 10.1 Å². The van der Waals surface area contributed by atoms with Crippen molar-refractivity contribution in [2.75, 3.05) is 39.3 Å². The molecule has 3 heteroatoms. The molecule has 0 bridgehead atoms. The largest absolute Gasteiger partial charge is 0.373 e. The van der Waals surface area contributed by atoms with Crippen molar-refractivity contribution in [3.05, 3.63) is 0 Å². The molecule has 0 aromatic rings. The maximum Gasteiger partial charge on any atom is 0.0753 e. The van der Waals surface area contributed by atoms with Crippen LogP contribution in [0.15, 0.2) is 0 Å². The quantitative estimate of drug-likeness (QED) is 0.814. The lowest BCUT2D eigenvalue weighted by atomic mass is 9.73. The summed E-state index contributed by atoms with van der Waals surface area (Å²) in [5.41, 5.74) is 0.528. The van der Waals surface area contributed by atoms with Crippen LogP contribution in [0.3, 0.4) is 0 Å². The minimum Gasteiger partial charge on any atom is -0.373 e. The third-order valence-corrected chi connectivity index (χ3v) is 5.03. The molecule has 0 amide bonds. The lowest BCUT2D eigenvalue weighted by molar-refractivity contribution is -0.0964. The van der Waals surface area contributed by atoms with E-state index in [1.54, 1.807) is 0 Å². The van der Waals surface area contributed by atoms with Crippen LogP contribution in [0, 0.1) is 11.3 Å². The highest BCUT2D eigenvalue weighted by molar-refractivity contribution is 4.90. The van der Waals surface area contributed by atoms with E-state index >= 15 is 0 Å². The van der Waals surface area contributed by atoms with Crippen molar-refractivity contribution in [1.82, 2.24) is 10.2 Å². The number of nitrogens with one attached hydrogen (secondary N) is 1. The van der Waals surface area contributed by atoms with E-state index in [1.165, 1.54) is 45.2 Å². The van der Waals surface area contributed by atoms with Crippen LogP contribution >= 0.6 is 0 Å². The fourth-order valence-electron chi connectivity index (χ4n) is 4.04. The zero-order valence-corrected chi connectivity index (χ0v) is 14.7. The van der Waals surface area contributed by atoms with E-state index in [4.69, 9.17) is 4.74 Å². The van der Waals surface area contributed by atoms with Crippen LogP contribution in [0.1, 0.15) is 59.8 Å². The molecule has 0 unspecified atom stereocenters. The molecule has 1 N–H and O–H groups in total. The van der Waals surface area contributed by atoms with Crippen LogP contribution < -0.4 is 5.32 Å². The highest BCUT2D eigenvalue weighted by Crippen LogP contribution is 2.37. The average molecular weight is 296 g/mol. The van der Waals surface area contributed by atoms with Crippen molar-refractivity contribution >= 4 is 0 Å². The van der Waals surface area contributed by atoms with Gasteiger partial charge in [0.05, 0.1) is 12.2 Å². The monoisotopic (exact) mass is 296 g/mol. The standard InChI is InChI=1S/C18H36N2O/c1-16(2)12-19-13-18(8-6-5-7-9-18)15-20-10-11-21-17(3,4)14-20/h16,19H,5-15H2,1-4H3. The molecule has 1 aliphatic carbocycles. The first-order chi connectivity index (χ1) is 9.91. The van der Waals surface area contributed by atoms with Gasteiger partial charge in [-0.15, -0.1) is 0 Å². The van der Waals surface area contributed by atoms with Gasteiger partial charge in [0.15, 0.2) is 0 Å². The van der Waals surface area contributed by atoms with Gasteiger partial charge in [0.1, 0.15) is 0 Å². The van der Waals surface area contributed by atoms with Crippen LogP contribution in [-0.4, -0.2) is 49.8 Å². The number of hydrogen-bond donors (Lipinski definition) is 1. The van der Waals surface area contributed by atoms with Crippen molar-refractivity contribution in [3.63, 3.8) is 0 Å². The molecule has 3 nitrogen and oxygen atoms in total. The maximum absolute atomic E-state index is 5.87. The number of nitrogens with zero attached hydrogens (tertiary/aromatic N) is 1. The van der Waals surface area contributed by atoms with Crippen molar-refractivity contribution in [3.8, 4) is 0 Å². The topological polar surface area (TPSA) is 24.5 Å². The molecule has 1 saturated carbocycles. The minimum atomic E-state index is 0.0272. The lowest BCUT2D eigenvalue weighted by Gasteiger charge is -2.45. The summed E-state index contributed by atoms with van der Waals surface area (Å²) < 4.78 is 5.87. The zero-order valence-electron chi connectivity index (χ0n) is 14.7. The van der Waals surface area contributed by atoms with E-state index in [2.05, 4.69) is 37.9 Å². The second-order valence-electron chi connectivity index (χ2n) is 8.40. The molecule has 1 saturated heterocycles. The molecule has 0 atom stereocenters. The van der Waals surface area contributed by atoms with Gasteiger partial charge in [0.25, 0.3) is 0 Å². The van der Waals surface area contributed by atoms with E-state index in [0.29, 0.717) is 5.41 Å². The third-order valence-electron chi connectivity index (χ3n) is 5.03. The number of hydrogen-bond acceptors (Lipinski definition) is 3. The smallest absolute Gasteiger partial charge is 0.0753 e. The molecule has 1 aliphatic heterocycles.